The van der Waals surface area contributed by atoms with Crippen molar-refractivity contribution in [1.82, 2.24) is 9.97 Å². The van der Waals surface area contributed by atoms with Crippen molar-refractivity contribution in [3.8, 4) is 0 Å². The lowest BCUT2D eigenvalue weighted by Crippen LogP contribution is -1.99. The first kappa shape index (κ1) is 13.8. The highest BCUT2D eigenvalue weighted by Gasteiger charge is 2.08. The first-order chi connectivity index (χ1) is 9.06. The van der Waals surface area contributed by atoms with Crippen LogP contribution >= 0.6 is 23.4 Å². The molecule has 1 aromatic carbocycles. The number of aromatic nitrogens is 2. The maximum absolute atomic E-state index is 11.0. The molecule has 0 aliphatic rings. The van der Waals surface area contributed by atoms with Crippen molar-refractivity contribution in [2.45, 2.75) is 17.6 Å². The smallest absolute Gasteiger partial charge is 0.335 e. The molecule has 0 amide bonds. The predicted octanol–water partition coefficient (Wildman–Crippen LogP) is 3.43. The van der Waals surface area contributed by atoms with Gasteiger partial charge in [0.25, 0.3) is 0 Å². The number of nitrogens with zero attached hydrogens (tertiary/aromatic N) is 2. The SMILES string of the molecule is Cc1ccc(SCc2cnc(Cl)cn2)cc1C(=O)O. The summed E-state index contributed by atoms with van der Waals surface area (Å²) in [5.41, 5.74) is 1.88. The van der Waals surface area contributed by atoms with E-state index >= 15 is 0 Å². The van der Waals surface area contributed by atoms with E-state index in [-0.39, 0.29) is 0 Å². The molecule has 0 unspecified atom stereocenters. The number of hydrogen-bond acceptors (Lipinski definition) is 4. The Morgan fingerprint density at radius 2 is 2.16 bits per heavy atom. The predicted molar refractivity (Wildman–Crippen MR) is 74.7 cm³/mol. The van der Waals surface area contributed by atoms with Crippen LogP contribution in [0.2, 0.25) is 5.15 Å². The van der Waals surface area contributed by atoms with Crippen LogP contribution in [-0.4, -0.2) is 21.0 Å². The summed E-state index contributed by atoms with van der Waals surface area (Å²) in [6.07, 6.45) is 3.11. The minimum absolute atomic E-state index is 0.326. The molecule has 0 spiro atoms. The van der Waals surface area contributed by atoms with Crippen molar-refractivity contribution in [2.75, 3.05) is 0 Å². The van der Waals surface area contributed by atoms with Crippen LogP contribution in [0.5, 0.6) is 0 Å². The van der Waals surface area contributed by atoms with Crippen LogP contribution in [0.15, 0.2) is 35.5 Å². The van der Waals surface area contributed by atoms with Crippen molar-refractivity contribution in [2.24, 2.45) is 0 Å². The van der Waals surface area contributed by atoms with Crippen molar-refractivity contribution in [3.63, 3.8) is 0 Å². The number of benzene rings is 1. The normalized spacial score (nSPS) is 10.4. The number of hydrogen-bond donors (Lipinski definition) is 1. The Kier molecular flexibility index (Phi) is 4.39. The van der Waals surface area contributed by atoms with E-state index < -0.39 is 5.97 Å². The summed E-state index contributed by atoms with van der Waals surface area (Å²) in [5, 5.41) is 9.42. The van der Waals surface area contributed by atoms with Gasteiger partial charge in [-0.05, 0) is 24.6 Å². The zero-order valence-corrected chi connectivity index (χ0v) is 11.7. The fraction of sp³-hybridized carbons (Fsp3) is 0.154. The van der Waals surface area contributed by atoms with Crippen LogP contribution < -0.4 is 0 Å². The number of thioether (sulfide) groups is 1. The Hall–Kier alpha value is -1.59. The number of rotatable bonds is 4. The van der Waals surface area contributed by atoms with Crippen LogP contribution in [0.25, 0.3) is 0 Å². The van der Waals surface area contributed by atoms with Gasteiger partial charge in [-0.1, -0.05) is 17.7 Å². The lowest BCUT2D eigenvalue weighted by Gasteiger charge is -2.05. The second kappa shape index (κ2) is 6.04. The molecular formula is C13H11ClN2O2S. The standard InChI is InChI=1S/C13H11ClN2O2S/c1-8-2-3-10(4-11(8)13(17)18)19-7-9-5-16-12(14)6-15-9/h2-6H,7H2,1H3,(H,17,18). The molecule has 0 aliphatic carbocycles. The molecule has 0 atom stereocenters. The largest absolute Gasteiger partial charge is 0.478 e. The topological polar surface area (TPSA) is 63.1 Å². The molecule has 1 heterocycles. The quantitative estimate of drug-likeness (QED) is 0.875. The summed E-state index contributed by atoms with van der Waals surface area (Å²) in [5.74, 6) is -0.294. The number of aryl methyl sites for hydroxylation is 1. The van der Waals surface area contributed by atoms with E-state index in [1.165, 1.54) is 18.0 Å². The zero-order valence-electron chi connectivity index (χ0n) is 10.1. The highest BCUT2D eigenvalue weighted by atomic mass is 35.5. The second-order valence-corrected chi connectivity index (χ2v) is 5.34. The third-order valence-electron chi connectivity index (χ3n) is 2.50. The van der Waals surface area contributed by atoms with Gasteiger partial charge in [0.15, 0.2) is 0 Å². The van der Waals surface area contributed by atoms with Crippen LogP contribution in [0.1, 0.15) is 21.6 Å². The van der Waals surface area contributed by atoms with Gasteiger partial charge >= 0.3 is 5.97 Å². The third kappa shape index (κ3) is 3.68. The molecule has 0 radical (unpaired) electrons. The minimum Gasteiger partial charge on any atom is -0.478 e. The van der Waals surface area contributed by atoms with Crippen molar-refractivity contribution in [1.29, 1.82) is 0 Å². The molecule has 0 saturated heterocycles. The highest BCUT2D eigenvalue weighted by Crippen LogP contribution is 2.24. The van der Waals surface area contributed by atoms with E-state index in [1.807, 2.05) is 6.07 Å². The molecule has 0 fully saturated rings. The molecule has 19 heavy (non-hydrogen) atoms. The van der Waals surface area contributed by atoms with Gasteiger partial charge in [-0.15, -0.1) is 11.8 Å². The van der Waals surface area contributed by atoms with E-state index in [2.05, 4.69) is 9.97 Å². The van der Waals surface area contributed by atoms with Crippen molar-refractivity contribution < 1.29 is 9.90 Å². The van der Waals surface area contributed by atoms with Gasteiger partial charge in [0, 0.05) is 10.6 Å². The van der Waals surface area contributed by atoms with E-state index in [9.17, 15) is 4.79 Å². The van der Waals surface area contributed by atoms with Gasteiger partial charge in [-0.2, -0.15) is 0 Å². The molecule has 2 rings (SSSR count). The average molecular weight is 295 g/mol. The molecule has 6 heteroatoms. The van der Waals surface area contributed by atoms with Gasteiger partial charge in [0.2, 0.25) is 0 Å². The number of halogens is 1. The summed E-state index contributed by atoms with van der Waals surface area (Å²) in [4.78, 5) is 20.0. The fourth-order valence-corrected chi connectivity index (χ4v) is 2.42. The Balaban J connectivity index is 2.09. The summed E-state index contributed by atoms with van der Waals surface area (Å²) >= 11 is 7.17. The molecule has 4 nitrogen and oxygen atoms in total. The summed E-state index contributed by atoms with van der Waals surface area (Å²) in [7, 11) is 0. The summed E-state index contributed by atoms with van der Waals surface area (Å²) < 4.78 is 0. The Morgan fingerprint density at radius 1 is 1.37 bits per heavy atom. The monoisotopic (exact) mass is 294 g/mol. The number of carboxylic acids is 1. The number of carboxylic acid groups (broad SMARTS) is 1. The first-order valence-corrected chi connectivity index (χ1v) is 6.86. The van der Waals surface area contributed by atoms with Crippen LogP contribution in [-0.2, 0) is 5.75 Å². The lowest BCUT2D eigenvalue weighted by atomic mass is 10.1. The summed E-state index contributed by atoms with van der Waals surface area (Å²) in [6, 6.07) is 5.38. The molecular weight excluding hydrogens is 284 g/mol. The van der Waals surface area contributed by atoms with Crippen molar-refractivity contribution >= 4 is 29.3 Å². The van der Waals surface area contributed by atoms with Gasteiger partial charge in [-0.3, -0.25) is 4.98 Å². The van der Waals surface area contributed by atoms with Gasteiger partial charge in [0.1, 0.15) is 5.15 Å². The molecule has 2 aromatic rings. The number of carbonyl (C=O) groups is 1. The maximum Gasteiger partial charge on any atom is 0.335 e. The van der Waals surface area contributed by atoms with Crippen LogP contribution in [0.4, 0.5) is 0 Å². The average Bonchev–Trinajstić information content (AvgIpc) is 2.39. The van der Waals surface area contributed by atoms with E-state index in [0.29, 0.717) is 16.5 Å². The lowest BCUT2D eigenvalue weighted by molar-refractivity contribution is 0.0696. The molecule has 0 aliphatic heterocycles. The van der Waals surface area contributed by atoms with Crippen molar-refractivity contribution in [3.05, 3.63) is 52.6 Å². The molecule has 1 aromatic heterocycles. The zero-order chi connectivity index (χ0) is 13.8. The Morgan fingerprint density at radius 3 is 2.79 bits per heavy atom. The number of aromatic carboxylic acids is 1. The van der Waals surface area contributed by atoms with Gasteiger partial charge in [-0.25, -0.2) is 9.78 Å². The molecule has 1 N–H and O–H groups in total. The van der Waals surface area contributed by atoms with Crippen LogP contribution in [0.3, 0.4) is 0 Å². The highest BCUT2D eigenvalue weighted by molar-refractivity contribution is 7.98. The van der Waals surface area contributed by atoms with E-state index in [1.54, 1.807) is 25.3 Å². The fourth-order valence-electron chi connectivity index (χ4n) is 1.49. The van der Waals surface area contributed by atoms with Gasteiger partial charge in [0.05, 0.1) is 23.7 Å². The van der Waals surface area contributed by atoms with Crippen LogP contribution in [0, 0.1) is 6.92 Å². The van der Waals surface area contributed by atoms with Gasteiger partial charge < -0.3 is 5.11 Å². The first-order valence-electron chi connectivity index (χ1n) is 5.49. The van der Waals surface area contributed by atoms with E-state index in [4.69, 9.17) is 16.7 Å². The summed E-state index contributed by atoms with van der Waals surface area (Å²) in [6.45, 7) is 1.78. The molecule has 0 saturated carbocycles. The van der Waals surface area contributed by atoms with E-state index in [0.717, 1.165) is 16.2 Å². The maximum atomic E-state index is 11.0. The minimum atomic E-state index is -0.911. The Labute approximate surface area is 119 Å². The Bertz CT molecular complexity index is 602. The molecule has 0 bridgehead atoms. The third-order valence-corrected chi connectivity index (χ3v) is 3.72. The second-order valence-electron chi connectivity index (χ2n) is 3.90. The molecule has 98 valence electrons.